The largest absolute Gasteiger partial charge is 0.392 e. The second-order valence-corrected chi connectivity index (χ2v) is 3.96. The van der Waals surface area contributed by atoms with Gasteiger partial charge in [0.15, 0.2) is 0 Å². The van der Waals surface area contributed by atoms with E-state index in [9.17, 15) is 5.11 Å². The Morgan fingerprint density at radius 1 is 1.56 bits per heavy atom. The van der Waals surface area contributed by atoms with Crippen LogP contribution in [0.25, 0.3) is 0 Å². The zero-order valence-electron chi connectivity index (χ0n) is 10.1. The summed E-state index contributed by atoms with van der Waals surface area (Å²) in [5, 5.41) is 9.25. The summed E-state index contributed by atoms with van der Waals surface area (Å²) in [4.78, 5) is 6.34. The summed E-state index contributed by atoms with van der Waals surface area (Å²) in [6.07, 6.45) is 5.77. The quantitative estimate of drug-likeness (QED) is 0.590. The smallest absolute Gasteiger partial charge is 0.0717 e. The first-order valence-electron chi connectivity index (χ1n) is 5.57. The molecule has 3 heteroatoms. The molecule has 16 heavy (non-hydrogen) atoms. The van der Waals surface area contributed by atoms with Crippen LogP contribution >= 0.6 is 0 Å². The summed E-state index contributed by atoms with van der Waals surface area (Å²) in [6, 6.07) is 2.01. The molecule has 0 fully saturated rings. The SMILES string of the molecule is C=CCCCN(C)c1cc(C)ncc1CO. The van der Waals surface area contributed by atoms with Gasteiger partial charge in [-0.1, -0.05) is 6.08 Å². The molecule has 1 aromatic heterocycles. The van der Waals surface area contributed by atoms with E-state index in [1.54, 1.807) is 6.20 Å². The average molecular weight is 220 g/mol. The minimum Gasteiger partial charge on any atom is -0.392 e. The van der Waals surface area contributed by atoms with Crippen LogP contribution in [0.5, 0.6) is 0 Å². The highest BCUT2D eigenvalue weighted by Gasteiger charge is 2.07. The number of aromatic nitrogens is 1. The van der Waals surface area contributed by atoms with Gasteiger partial charge in [-0.05, 0) is 25.8 Å². The number of aliphatic hydroxyl groups is 1. The Bertz CT molecular complexity index is 350. The Hall–Kier alpha value is -1.35. The normalized spacial score (nSPS) is 10.2. The standard InChI is InChI=1S/C13H20N2O/c1-4-5-6-7-15(3)13-8-11(2)14-9-12(13)10-16/h4,8-9,16H,1,5-7,10H2,2-3H3. The molecule has 88 valence electrons. The van der Waals surface area contributed by atoms with Gasteiger partial charge in [0.25, 0.3) is 0 Å². The van der Waals surface area contributed by atoms with Crippen LogP contribution in [0.2, 0.25) is 0 Å². The Kier molecular flexibility index (Phi) is 4.99. The average Bonchev–Trinajstić information content (AvgIpc) is 2.29. The Labute approximate surface area is 97.4 Å². The first-order valence-corrected chi connectivity index (χ1v) is 5.57. The van der Waals surface area contributed by atoms with Crippen LogP contribution in [-0.4, -0.2) is 23.7 Å². The molecule has 0 radical (unpaired) electrons. The summed E-state index contributed by atoms with van der Waals surface area (Å²) >= 11 is 0. The van der Waals surface area contributed by atoms with E-state index >= 15 is 0 Å². The Balaban J connectivity index is 2.75. The van der Waals surface area contributed by atoms with E-state index in [0.29, 0.717) is 0 Å². The first kappa shape index (κ1) is 12.7. The Morgan fingerprint density at radius 3 is 2.94 bits per heavy atom. The van der Waals surface area contributed by atoms with Crippen molar-refractivity contribution in [2.75, 3.05) is 18.5 Å². The molecule has 0 unspecified atom stereocenters. The minimum atomic E-state index is 0.0361. The number of rotatable bonds is 6. The van der Waals surface area contributed by atoms with Gasteiger partial charge in [-0.25, -0.2) is 0 Å². The highest BCUT2D eigenvalue weighted by Crippen LogP contribution is 2.20. The summed E-state index contributed by atoms with van der Waals surface area (Å²) in [7, 11) is 2.04. The fraction of sp³-hybridized carbons (Fsp3) is 0.462. The number of aliphatic hydroxyl groups excluding tert-OH is 1. The lowest BCUT2D eigenvalue weighted by molar-refractivity contribution is 0.281. The van der Waals surface area contributed by atoms with Crippen molar-refractivity contribution in [3.63, 3.8) is 0 Å². The molecule has 0 saturated carbocycles. The Morgan fingerprint density at radius 2 is 2.31 bits per heavy atom. The van der Waals surface area contributed by atoms with Crippen molar-refractivity contribution in [2.24, 2.45) is 0 Å². The molecule has 0 amide bonds. The molecule has 1 heterocycles. The monoisotopic (exact) mass is 220 g/mol. The fourth-order valence-corrected chi connectivity index (χ4v) is 1.64. The summed E-state index contributed by atoms with van der Waals surface area (Å²) in [5.74, 6) is 0. The second-order valence-electron chi connectivity index (χ2n) is 3.96. The van der Waals surface area contributed by atoms with Crippen LogP contribution in [0.4, 0.5) is 5.69 Å². The van der Waals surface area contributed by atoms with Crippen LogP contribution in [0.15, 0.2) is 24.9 Å². The van der Waals surface area contributed by atoms with Gasteiger partial charge in [0.1, 0.15) is 0 Å². The molecule has 1 aromatic rings. The number of allylic oxidation sites excluding steroid dienone is 1. The molecular weight excluding hydrogens is 200 g/mol. The van der Waals surface area contributed by atoms with Crippen molar-refractivity contribution in [1.82, 2.24) is 4.98 Å². The molecule has 0 aliphatic rings. The van der Waals surface area contributed by atoms with E-state index in [0.717, 1.165) is 36.3 Å². The van der Waals surface area contributed by atoms with Gasteiger partial charge in [-0.2, -0.15) is 0 Å². The van der Waals surface area contributed by atoms with Gasteiger partial charge >= 0.3 is 0 Å². The van der Waals surface area contributed by atoms with E-state index in [-0.39, 0.29) is 6.61 Å². The third-order valence-electron chi connectivity index (χ3n) is 2.58. The van der Waals surface area contributed by atoms with Gasteiger partial charge in [0.05, 0.1) is 6.61 Å². The molecule has 0 saturated heterocycles. The van der Waals surface area contributed by atoms with E-state index in [1.165, 1.54) is 0 Å². The van der Waals surface area contributed by atoms with Crippen molar-refractivity contribution in [2.45, 2.75) is 26.4 Å². The number of hydrogen-bond acceptors (Lipinski definition) is 3. The van der Waals surface area contributed by atoms with E-state index < -0.39 is 0 Å². The molecule has 3 nitrogen and oxygen atoms in total. The fourth-order valence-electron chi connectivity index (χ4n) is 1.64. The summed E-state index contributed by atoms with van der Waals surface area (Å²) in [5.41, 5.74) is 2.92. The summed E-state index contributed by atoms with van der Waals surface area (Å²) < 4.78 is 0. The summed E-state index contributed by atoms with van der Waals surface area (Å²) in [6.45, 7) is 6.67. The zero-order valence-corrected chi connectivity index (χ0v) is 10.1. The molecule has 1 rings (SSSR count). The molecular formula is C13H20N2O. The lowest BCUT2D eigenvalue weighted by Gasteiger charge is -2.21. The van der Waals surface area contributed by atoms with Crippen molar-refractivity contribution in [1.29, 1.82) is 0 Å². The van der Waals surface area contributed by atoms with Crippen molar-refractivity contribution >= 4 is 5.69 Å². The molecule has 0 spiro atoms. The van der Waals surface area contributed by atoms with Gasteiger partial charge in [-0.3, -0.25) is 4.98 Å². The molecule has 1 N–H and O–H groups in total. The predicted octanol–water partition coefficient (Wildman–Crippen LogP) is 2.28. The number of pyridine rings is 1. The lowest BCUT2D eigenvalue weighted by Crippen LogP contribution is -2.20. The van der Waals surface area contributed by atoms with Crippen LogP contribution in [0.1, 0.15) is 24.1 Å². The topological polar surface area (TPSA) is 36.4 Å². The van der Waals surface area contributed by atoms with Crippen molar-refractivity contribution in [3.8, 4) is 0 Å². The maximum absolute atomic E-state index is 9.25. The van der Waals surface area contributed by atoms with Gasteiger partial charge in [0, 0.05) is 36.7 Å². The molecule has 0 aromatic carbocycles. The third-order valence-corrected chi connectivity index (χ3v) is 2.58. The van der Waals surface area contributed by atoms with Gasteiger partial charge in [-0.15, -0.1) is 6.58 Å². The van der Waals surface area contributed by atoms with E-state index in [1.807, 2.05) is 26.1 Å². The maximum atomic E-state index is 9.25. The lowest BCUT2D eigenvalue weighted by atomic mass is 10.2. The first-order chi connectivity index (χ1) is 7.69. The predicted molar refractivity (Wildman–Crippen MR) is 67.6 cm³/mol. The van der Waals surface area contributed by atoms with Crippen LogP contribution in [0.3, 0.4) is 0 Å². The number of anilines is 1. The number of nitrogens with zero attached hydrogens (tertiary/aromatic N) is 2. The number of aryl methyl sites for hydroxylation is 1. The second kappa shape index (κ2) is 6.28. The molecule has 0 aliphatic heterocycles. The number of hydrogen-bond donors (Lipinski definition) is 1. The third kappa shape index (κ3) is 3.35. The van der Waals surface area contributed by atoms with Gasteiger partial charge < -0.3 is 10.0 Å². The molecule has 0 aliphatic carbocycles. The van der Waals surface area contributed by atoms with Crippen LogP contribution < -0.4 is 4.90 Å². The molecule has 0 atom stereocenters. The van der Waals surface area contributed by atoms with Crippen LogP contribution in [0, 0.1) is 6.92 Å². The van der Waals surface area contributed by atoms with E-state index in [4.69, 9.17) is 0 Å². The van der Waals surface area contributed by atoms with Crippen molar-refractivity contribution < 1.29 is 5.11 Å². The number of unbranched alkanes of at least 4 members (excludes halogenated alkanes) is 1. The maximum Gasteiger partial charge on any atom is 0.0717 e. The van der Waals surface area contributed by atoms with Crippen LogP contribution in [-0.2, 0) is 6.61 Å². The molecule has 0 bridgehead atoms. The van der Waals surface area contributed by atoms with E-state index in [2.05, 4.69) is 16.5 Å². The van der Waals surface area contributed by atoms with Gasteiger partial charge in [0.2, 0.25) is 0 Å². The highest BCUT2D eigenvalue weighted by atomic mass is 16.3. The zero-order chi connectivity index (χ0) is 12.0. The highest BCUT2D eigenvalue weighted by molar-refractivity contribution is 5.52. The van der Waals surface area contributed by atoms with Crippen molar-refractivity contribution in [3.05, 3.63) is 36.2 Å². The minimum absolute atomic E-state index is 0.0361.